The molecule has 0 aliphatic rings. The summed E-state index contributed by atoms with van der Waals surface area (Å²) in [7, 11) is 0. The first-order valence-corrected chi connectivity index (χ1v) is 5.84. The van der Waals surface area contributed by atoms with Crippen LogP contribution in [0.25, 0.3) is 0 Å². The predicted octanol–water partition coefficient (Wildman–Crippen LogP) is 1.22. The minimum absolute atomic E-state index is 0.320. The third-order valence-corrected chi connectivity index (χ3v) is 2.29. The van der Waals surface area contributed by atoms with Crippen LogP contribution < -0.4 is 16.8 Å². The molecular formula is C11H27N3. The topological polar surface area (TPSA) is 64.1 Å². The van der Waals surface area contributed by atoms with Crippen molar-refractivity contribution in [2.24, 2.45) is 11.5 Å². The number of unbranched alkanes of at least 4 members (excludes halogenated alkanes) is 2. The van der Waals surface area contributed by atoms with Crippen LogP contribution in [0.5, 0.6) is 0 Å². The second-order valence-corrected chi connectivity index (χ2v) is 4.34. The molecule has 0 fully saturated rings. The average molecular weight is 201 g/mol. The number of nitrogens with two attached hydrogens (primary N) is 2. The van der Waals surface area contributed by atoms with Gasteiger partial charge in [-0.05, 0) is 46.2 Å². The van der Waals surface area contributed by atoms with Crippen molar-refractivity contribution in [3.63, 3.8) is 0 Å². The van der Waals surface area contributed by atoms with Crippen LogP contribution in [-0.4, -0.2) is 25.2 Å². The first-order chi connectivity index (χ1) is 6.63. The van der Waals surface area contributed by atoms with Crippen LogP contribution in [0, 0.1) is 0 Å². The fourth-order valence-corrected chi connectivity index (χ4v) is 1.35. The molecule has 0 bridgehead atoms. The van der Waals surface area contributed by atoms with Crippen molar-refractivity contribution >= 4 is 0 Å². The molecule has 2 unspecified atom stereocenters. The Hall–Kier alpha value is -0.120. The van der Waals surface area contributed by atoms with Crippen LogP contribution in [0.15, 0.2) is 0 Å². The SMILES string of the molecule is CC(N)CCCCCNCCC(C)N. The zero-order valence-electron chi connectivity index (χ0n) is 9.76. The van der Waals surface area contributed by atoms with E-state index in [1.54, 1.807) is 0 Å². The van der Waals surface area contributed by atoms with E-state index in [0.29, 0.717) is 12.1 Å². The first kappa shape index (κ1) is 13.9. The monoisotopic (exact) mass is 201 g/mol. The summed E-state index contributed by atoms with van der Waals surface area (Å²) >= 11 is 0. The van der Waals surface area contributed by atoms with E-state index in [1.165, 1.54) is 19.3 Å². The van der Waals surface area contributed by atoms with Gasteiger partial charge in [-0.3, -0.25) is 0 Å². The zero-order valence-corrected chi connectivity index (χ0v) is 9.76. The van der Waals surface area contributed by atoms with Crippen molar-refractivity contribution in [1.29, 1.82) is 0 Å². The van der Waals surface area contributed by atoms with Crippen molar-refractivity contribution in [2.75, 3.05) is 13.1 Å². The summed E-state index contributed by atoms with van der Waals surface area (Å²) in [5.41, 5.74) is 11.3. The predicted molar refractivity (Wildman–Crippen MR) is 63.3 cm³/mol. The summed E-state index contributed by atoms with van der Waals surface area (Å²) in [6.07, 6.45) is 6.02. The van der Waals surface area contributed by atoms with Gasteiger partial charge in [0.15, 0.2) is 0 Å². The Morgan fingerprint density at radius 3 is 2.07 bits per heavy atom. The summed E-state index contributed by atoms with van der Waals surface area (Å²) in [5, 5.41) is 3.39. The Kier molecular flexibility index (Phi) is 9.35. The summed E-state index contributed by atoms with van der Waals surface area (Å²) < 4.78 is 0. The van der Waals surface area contributed by atoms with E-state index in [1.807, 2.05) is 6.92 Å². The Labute approximate surface area is 88.6 Å². The zero-order chi connectivity index (χ0) is 10.8. The second-order valence-electron chi connectivity index (χ2n) is 4.34. The highest BCUT2D eigenvalue weighted by Gasteiger charge is 1.95. The number of hydrogen-bond acceptors (Lipinski definition) is 3. The quantitative estimate of drug-likeness (QED) is 0.491. The minimum atomic E-state index is 0.320. The molecule has 0 saturated heterocycles. The molecule has 0 saturated carbocycles. The number of rotatable bonds is 9. The summed E-state index contributed by atoms with van der Waals surface area (Å²) in [4.78, 5) is 0. The van der Waals surface area contributed by atoms with Crippen LogP contribution in [-0.2, 0) is 0 Å². The van der Waals surface area contributed by atoms with Gasteiger partial charge in [0, 0.05) is 12.1 Å². The maximum Gasteiger partial charge on any atom is 0.00225 e. The largest absolute Gasteiger partial charge is 0.328 e. The lowest BCUT2D eigenvalue weighted by Crippen LogP contribution is -2.24. The van der Waals surface area contributed by atoms with Crippen molar-refractivity contribution in [1.82, 2.24) is 5.32 Å². The van der Waals surface area contributed by atoms with Gasteiger partial charge in [0.1, 0.15) is 0 Å². The van der Waals surface area contributed by atoms with Crippen LogP contribution in [0.3, 0.4) is 0 Å². The van der Waals surface area contributed by atoms with E-state index in [4.69, 9.17) is 11.5 Å². The molecular weight excluding hydrogens is 174 g/mol. The van der Waals surface area contributed by atoms with Gasteiger partial charge in [-0.15, -0.1) is 0 Å². The molecule has 0 aromatic rings. The van der Waals surface area contributed by atoms with Crippen molar-refractivity contribution in [2.45, 2.75) is 58.0 Å². The van der Waals surface area contributed by atoms with Crippen molar-refractivity contribution in [3.05, 3.63) is 0 Å². The van der Waals surface area contributed by atoms with Gasteiger partial charge in [-0.1, -0.05) is 12.8 Å². The Morgan fingerprint density at radius 1 is 0.857 bits per heavy atom. The third-order valence-electron chi connectivity index (χ3n) is 2.29. The molecule has 5 N–H and O–H groups in total. The molecule has 3 nitrogen and oxygen atoms in total. The molecule has 3 heteroatoms. The molecule has 0 spiro atoms. The maximum absolute atomic E-state index is 5.66. The molecule has 0 heterocycles. The van der Waals surface area contributed by atoms with E-state index in [9.17, 15) is 0 Å². The fourth-order valence-electron chi connectivity index (χ4n) is 1.35. The molecule has 0 aliphatic heterocycles. The standard InChI is InChI=1S/C11H27N3/c1-10(12)6-4-3-5-8-14-9-7-11(2)13/h10-11,14H,3-9,12-13H2,1-2H3. The van der Waals surface area contributed by atoms with E-state index in [-0.39, 0.29) is 0 Å². The average Bonchev–Trinajstić information content (AvgIpc) is 2.08. The van der Waals surface area contributed by atoms with E-state index >= 15 is 0 Å². The molecule has 0 rings (SSSR count). The highest BCUT2D eigenvalue weighted by Crippen LogP contribution is 2.00. The van der Waals surface area contributed by atoms with Crippen molar-refractivity contribution < 1.29 is 0 Å². The lowest BCUT2D eigenvalue weighted by atomic mass is 10.1. The summed E-state index contributed by atoms with van der Waals surface area (Å²) in [6, 6.07) is 0.682. The van der Waals surface area contributed by atoms with Gasteiger partial charge in [-0.25, -0.2) is 0 Å². The van der Waals surface area contributed by atoms with Crippen LogP contribution >= 0.6 is 0 Å². The van der Waals surface area contributed by atoms with Gasteiger partial charge in [-0.2, -0.15) is 0 Å². The van der Waals surface area contributed by atoms with Gasteiger partial charge < -0.3 is 16.8 Å². The van der Waals surface area contributed by atoms with E-state index in [2.05, 4.69) is 12.2 Å². The fraction of sp³-hybridized carbons (Fsp3) is 1.00. The lowest BCUT2D eigenvalue weighted by Gasteiger charge is -2.07. The van der Waals surface area contributed by atoms with Crippen LogP contribution in [0.2, 0.25) is 0 Å². The molecule has 0 aromatic carbocycles. The van der Waals surface area contributed by atoms with Gasteiger partial charge in [0.25, 0.3) is 0 Å². The molecule has 0 aliphatic carbocycles. The first-order valence-electron chi connectivity index (χ1n) is 5.84. The minimum Gasteiger partial charge on any atom is -0.328 e. The van der Waals surface area contributed by atoms with E-state index in [0.717, 1.165) is 25.9 Å². The van der Waals surface area contributed by atoms with E-state index < -0.39 is 0 Å². The van der Waals surface area contributed by atoms with Gasteiger partial charge in [0.2, 0.25) is 0 Å². The summed E-state index contributed by atoms with van der Waals surface area (Å²) in [5.74, 6) is 0. The highest BCUT2D eigenvalue weighted by atomic mass is 14.8. The molecule has 0 aromatic heterocycles. The van der Waals surface area contributed by atoms with Crippen molar-refractivity contribution in [3.8, 4) is 0 Å². The summed E-state index contributed by atoms with van der Waals surface area (Å²) in [6.45, 7) is 6.28. The molecule has 86 valence electrons. The van der Waals surface area contributed by atoms with Crippen LogP contribution in [0.1, 0.15) is 46.0 Å². The Balaban J connectivity index is 2.92. The molecule has 0 radical (unpaired) electrons. The molecule has 14 heavy (non-hydrogen) atoms. The number of nitrogens with one attached hydrogen (secondary N) is 1. The lowest BCUT2D eigenvalue weighted by molar-refractivity contribution is 0.537. The second kappa shape index (κ2) is 9.44. The number of hydrogen-bond donors (Lipinski definition) is 3. The normalized spacial score (nSPS) is 15.4. The van der Waals surface area contributed by atoms with Gasteiger partial charge >= 0.3 is 0 Å². The Morgan fingerprint density at radius 2 is 1.50 bits per heavy atom. The third kappa shape index (κ3) is 11.9. The smallest absolute Gasteiger partial charge is 0.00225 e. The highest BCUT2D eigenvalue weighted by molar-refractivity contribution is 4.57. The Bertz CT molecular complexity index is 99.1. The molecule has 2 atom stereocenters. The molecule has 0 amide bonds. The maximum atomic E-state index is 5.66. The van der Waals surface area contributed by atoms with Crippen LogP contribution in [0.4, 0.5) is 0 Å². The van der Waals surface area contributed by atoms with Gasteiger partial charge in [0.05, 0.1) is 0 Å².